The van der Waals surface area contributed by atoms with Crippen LogP contribution in [0.1, 0.15) is 20.3 Å². The van der Waals surface area contributed by atoms with Crippen molar-refractivity contribution in [3.05, 3.63) is 21.6 Å². The number of carbonyl (C=O) groups excluding carboxylic acids is 1. The molecule has 0 aliphatic heterocycles. The first-order chi connectivity index (χ1) is 8.43. The maximum atomic E-state index is 11.6. The zero-order chi connectivity index (χ0) is 13.7. The summed E-state index contributed by atoms with van der Waals surface area (Å²) >= 11 is 9.11. The zero-order valence-corrected chi connectivity index (χ0v) is 12.5. The Kier molecular flexibility index (Phi) is 5.91. The molecule has 0 saturated carbocycles. The Morgan fingerprint density at radius 2 is 2.28 bits per heavy atom. The molecule has 0 radical (unpaired) electrons. The molecule has 1 rings (SSSR count). The Morgan fingerprint density at radius 3 is 2.83 bits per heavy atom. The average Bonchev–Trinajstić information content (AvgIpc) is 2.30. The minimum absolute atomic E-state index is 0.0183. The van der Waals surface area contributed by atoms with Crippen LogP contribution in [-0.2, 0) is 9.53 Å². The highest BCUT2D eigenvalue weighted by Gasteiger charge is 2.12. The van der Waals surface area contributed by atoms with Crippen molar-refractivity contribution in [1.82, 2.24) is 0 Å². The van der Waals surface area contributed by atoms with Crippen LogP contribution in [0, 0.1) is 0 Å². The van der Waals surface area contributed by atoms with E-state index >= 15 is 0 Å². The van der Waals surface area contributed by atoms with Gasteiger partial charge in [0.2, 0.25) is 0 Å². The lowest BCUT2D eigenvalue weighted by atomic mass is 10.3. The summed E-state index contributed by atoms with van der Waals surface area (Å²) in [5.74, 6) is -0.443. The fourth-order valence-corrected chi connectivity index (χ4v) is 2.03. The summed E-state index contributed by atoms with van der Waals surface area (Å²) in [6, 6.07) is 3.05. The van der Waals surface area contributed by atoms with E-state index in [1.54, 1.807) is 6.07 Å². The lowest BCUT2D eigenvalue weighted by Crippen LogP contribution is -2.21. The van der Waals surface area contributed by atoms with E-state index < -0.39 is 0 Å². The molecule has 0 bridgehead atoms. The van der Waals surface area contributed by atoms with Gasteiger partial charge in [-0.1, -0.05) is 34.5 Å². The average molecular weight is 337 g/mol. The molecule has 1 aromatic rings. The van der Waals surface area contributed by atoms with Crippen LogP contribution >= 0.6 is 27.5 Å². The summed E-state index contributed by atoms with van der Waals surface area (Å²) in [6.07, 6.45) is 0.849. The van der Waals surface area contributed by atoms with Gasteiger partial charge in [0.25, 0.3) is 5.91 Å². The van der Waals surface area contributed by atoms with Crippen LogP contribution in [0.15, 0.2) is 16.6 Å². The van der Waals surface area contributed by atoms with Gasteiger partial charge in [0.05, 0.1) is 11.1 Å². The summed E-state index contributed by atoms with van der Waals surface area (Å²) in [5.41, 5.74) is 0.192. The Hall–Kier alpha value is -0.780. The Labute approximate surface area is 119 Å². The molecule has 0 unspecified atom stereocenters. The smallest absolute Gasteiger partial charge is 0.250 e. The van der Waals surface area contributed by atoms with E-state index in [9.17, 15) is 9.90 Å². The van der Waals surface area contributed by atoms with Gasteiger partial charge in [-0.15, -0.1) is 0 Å². The van der Waals surface area contributed by atoms with E-state index in [2.05, 4.69) is 21.2 Å². The van der Waals surface area contributed by atoms with Crippen LogP contribution in [-0.4, -0.2) is 23.7 Å². The van der Waals surface area contributed by atoms with E-state index in [1.807, 2.05) is 13.8 Å². The highest BCUT2D eigenvalue weighted by Crippen LogP contribution is 2.34. The fourth-order valence-electron chi connectivity index (χ4n) is 1.20. The topological polar surface area (TPSA) is 58.6 Å². The molecule has 0 heterocycles. The number of anilines is 1. The molecule has 18 heavy (non-hydrogen) atoms. The molecule has 0 aromatic heterocycles. The minimum Gasteiger partial charge on any atom is -0.506 e. The minimum atomic E-state index is -0.352. The number of hydrogen-bond acceptors (Lipinski definition) is 3. The van der Waals surface area contributed by atoms with Crippen molar-refractivity contribution in [3.63, 3.8) is 0 Å². The van der Waals surface area contributed by atoms with E-state index in [0.29, 0.717) is 4.47 Å². The number of phenols is 1. The quantitative estimate of drug-likeness (QED) is 0.808. The van der Waals surface area contributed by atoms with Gasteiger partial charge in [0.15, 0.2) is 0 Å². The molecule has 6 heteroatoms. The second-order valence-corrected chi connectivity index (χ2v) is 5.18. The van der Waals surface area contributed by atoms with Crippen molar-refractivity contribution >= 4 is 39.1 Å². The molecule has 0 spiro atoms. The van der Waals surface area contributed by atoms with Gasteiger partial charge in [-0.05, 0) is 25.5 Å². The first kappa shape index (κ1) is 15.3. The van der Waals surface area contributed by atoms with E-state index in [1.165, 1.54) is 6.07 Å². The fraction of sp³-hybridized carbons (Fsp3) is 0.417. The van der Waals surface area contributed by atoms with Crippen molar-refractivity contribution in [1.29, 1.82) is 0 Å². The molecule has 0 fully saturated rings. The highest BCUT2D eigenvalue weighted by atomic mass is 79.9. The predicted octanol–water partition coefficient (Wildman–Crippen LogP) is 3.56. The van der Waals surface area contributed by atoms with Gasteiger partial charge in [0.1, 0.15) is 18.0 Å². The number of ether oxygens (including phenoxy) is 1. The lowest BCUT2D eigenvalue weighted by molar-refractivity contribution is -0.122. The van der Waals surface area contributed by atoms with Crippen LogP contribution in [0.25, 0.3) is 0 Å². The molecule has 0 saturated heterocycles. The molecule has 1 atom stereocenters. The van der Waals surface area contributed by atoms with Gasteiger partial charge < -0.3 is 15.2 Å². The van der Waals surface area contributed by atoms with Crippen molar-refractivity contribution in [2.75, 3.05) is 11.9 Å². The first-order valence-electron chi connectivity index (χ1n) is 5.53. The summed E-state index contributed by atoms with van der Waals surface area (Å²) in [6.45, 7) is 3.79. The van der Waals surface area contributed by atoms with E-state index in [4.69, 9.17) is 16.3 Å². The molecule has 1 amide bonds. The number of rotatable bonds is 5. The van der Waals surface area contributed by atoms with Crippen LogP contribution in [0.3, 0.4) is 0 Å². The van der Waals surface area contributed by atoms with Crippen LogP contribution in [0.5, 0.6) is 5.75 Å². The number of carbonyl (C=O) groups is 1. The summed E-state index contributed by atoms with van der Waals surface area (Å²) in [7, 11) is 0. The Balaban J connectivity index is 2.65. The molecule has 0 aliphatic rings. The number of amides is 1. The van der Waals surface area contributed by atoms with Crippen molar-refractivity contribution < 1.29 is 14.6 Å². The summed E-state index contributed by atoms with van der Waals surface area (Å²) in [4.78, 5) is 11.6. The van der Waals surface area contributed by atoms with Gasteiger partial charge in [0, 0.05) is 4.47 Å². The highest BCUT2D eigenvalue weighted by molar-refractivity contribution is 9.10. The van der Waals surface area contributed by atoms with Gasteiger partial charge in [-0.2, -0.15) is 0 Å². The summed E-state index contributed by atoms with van der Waals surface area (Å²) < 4.78 is 5.92. The number of halogens is 2. The van der Waals surface area contributed by atoms with Crippen LogP contribution in [0.4, 0.5) is 5.69 Å². The molecule has 2 N–H and O–H groups in total. The van der Waals surface area contributed by atoms with Gasteiger partial charge >= 0.3 is 0 Å². The third-order valence-electron chi connectivity index (χ3n) is 2.37. The second-order valence-electron chi connectivity index (χ2n) is 3.86. The molecule has 100 valence electrons. The number of nitrogens with one attached hydrogen (secondary N) is 1. The van der Waals surface area contributed by atoms with Gasteiger partial charge in [-0.3, -0.25) is 4.79 Å². The molecule has 1 aromatic carbocycles. The SMILES string of the molecule is CC[C@H](C)OCC(=O)Nc1c(O)cc(Br)cc1Cl. The second kappa shape index (κ2) is 6.97. The zero-order valence-electron chi connectivity index (χ0n) is 10.2. The van der Waals surface area contributed by atoms with Crippen molar-refractivity contribution in [3.8, 4) is 5.75 Å². The Morgan fingerprint density at radius 1 is 1.61 bits per heavy atom. The third-order valence-corrected chi connectivity index (χ3v) is 3.13. The molecular formula is C12H15BrClNO3. The van der Waals surface area contributed by atoms with Crippen molar-refractivity contribution in [2.24, 2.45) is 0 Å². The third kappa shape index (κ3) is 4.48. The number of benzene rings is 1. The predicted molar refractivity (Wildman–Crippen MR) is 75.2 cm³/mol. The number of hydrogen-bond donors (Lipinski definition) is 2. The number of phenolic OH excluding ortho intramolecular Hbond substituents is 1. The van der Waals surface area contributed by atoms with E-state index in [0.717, 1.165) is 6.42 Å². The maximum Gasteiger partial charge on any atom is 0.250 e. The standard InChI is InChI=1S/C12H15BrClNO3/c1-3-7(2)18-6-11(17)15-12-9(14)4-8(13)5-10(12)16/h4-5,7,16H,3,6H2,1-2H3,(H,15,17)/t7-/m0/s1. The monoisotopic (exact) mass is 335 g/mol. The maximum absolute atomic E-state index is 11.6. The molecule has 4 nitrogen and oxygen atoms in total. The van der Waals surface area contributed by atoms with E-state index in [-0.39, 0.29) is 35.1 Å². The van der Waals surface area contributed by atoms with Crippen LogP contribution < -0.4 is 5.32 Å². The first-order valence-corrected chi connectivity index (χ1v) is 6.70. The Bertz CT molecular complexity index is 416. The lowest BCUT2D eigenvalue weighted by Gasteiger charge is -2.12. The molecular weight excluding hydrogens is 321 g/mol. The normalized spacial score (nSPS) is 12.2. The molecule has 0 aliphatic carbocycles. The van der Waals surface area contributed by atoms with Crippen LogP contribution in [0.2, 0.25) is 5.02 Å². The summed E-state index contributed by atoms with van der Waals surface area (Å²) in [5, 5.41) is 12.5. The number of aromatic hydroxyl groups is 1. The largest absolute Gasteiger partial charge is 0.506 e. The van der Waals surface area contributed by atoms with Gasteiger partial charge in [-0.25, -0.2) is 0 Å². The van der Waals surface area contributed by atoms with Crippen molar-refractivity contribution in [2.45, 2.75) is 26.4 Å².